The number of nitrogens with zero attached hydrogens (tertiary/aromatic N) is 2. The average Bonchev–Trinajstić information content (AvgIpc) is 2.30. The van der Waals surface area contributed by atoms with Gasteiger partial charge in [-0.25, -0.2) is 0 Å². The van der Waals surface area contributed by atoms with Crippen LogP contribution < -0.4 is 0 Å². The topological polar surface area (TPSA) is 15.6 Å². The summed E-state index contributed by atoms with van der Waals surface area (Å²) in [6, 6.07) is 0.792. The molecule has 0 radical (unpaired) electrons. The zero-order valence-electron chi connectivity index (χ0n) is 9.34. The van der Waals surface area contributed by atoms with Crippen LogP contribution in [0.4, 0.5) is 0 Å². The first-order valence-electron chi connectivity index (χ1n) is 6.14. The van der Waals surface area contributed by atoms with Crippen LogP contribution in [0.1, 0.15) is 51.4 Å². The van der Waals surface area contributed by atoms with Crippen molar-refractivity contribution in [3.05, 3.63) is 0 Å². The normalized spacial score (nSPS) is 24.5. The second-order valence-corrected chi connectivity index (χ2v) is 4.66. The quantitative estimate of drug-likeness (QED) is 0.626. The van der Waals surface area contributed by atoms with E-state index in [1.54, 1.807) is 0 Å². The van der Waals surface area contributed by atoms with Gasteiger partial charge in [-0.1, -0.05) is 19.3 Å². The second kappa shape index (κ2) is 4.81. The molecule has 0 atom stereocenters. The van der Waals surface area contributed by atoms with E-state index in [1.807, 2.05) is 0 Å². The molecular formula is C12H22N2. The van der Waals surface area contributed by atoms with Gasteiger partial charge in [-0.05, 0) is 25.7 Å². The maximum atomic E-state index is 4.65. The molecule has 80 valence electrons. The van der Waals surface area contributed by atoms with E-state index in [4.69, 9.17) is 0 Å². The SMILES string of the molecule is CN(C1=NCCCC1)C1CCCCC1. The van der Waals surface area contributed by atoms with E-state index in [0.29, 0.717) is 0 Å². The Morgan fingerprint density at radius 3 is 2.50 bits per heavy atom. The van der Waals surface area contributed by atoms with Crippen molar-refractivity contribution in [3.8, 4) is 0 Å². The van der Waals surface area contributed by atoms with Gasteiger partial charge in [-0.2, -0.15) is 0 Å². The Morgan fingerprint density at radius 1 is 1.07 bits per heavy atom. The third kappa shape index (κ3) is 2.28. The van der Waals surface area contributed by atoms with Crippen molar-refractivity contribution < 1.29 is 0 Å². The summed E-state index contributed by atoms with van der Waals surface area (Å²) in [5.74, 6) is 1.38. The van der Waals surface area contributed by atoms with Crippen molar-refractivity contribution >= 4 is 5.84 Å². The fourth-order valence-corrected chi connectivity index (χ4v) is 2.65. The lowest BCUT2D eigenvalue weighted by atomic mass is 9.94. The van der Waals surface area contributed by atoms with Gasteiger partial charge in [0.1, 0.15) is 0 Å². The highest BCUT2D eigenvalue weighted by Crippen LogP contribution is 2.23. The first-order chi connectivity index (χ1) is 6.88. The third-order valence-corrected chi connectivity index (χ3v) is 3.63. The molecule has 14 heavy (non-hydrogen) atoms. The van der Waals surface area contributed by atoms with Crippen LogP contribution in [0.5, 0.6) is 0 Å². The van der Waals surface area contributed by atoms with Gasteiger partial charge in [0.15, 0.2) is 0 Å². The molecule has 1 saturated carbocycles. The summed E-state index contributed by atoms with van der Waals surface area (Å²) in [5.41, 5.74) is 0. The lowest BCUT2D eigenvalue weighted by Crippen LogP contribution is -2.39. The Labute approximate surface area is 87.4 Å². The van der Waals surface area contributed by atoms with Gasteiger partial charge in [0.25, 0.3) is 0 Å². The minimum Gasteiger partial charge on any atom is -0.360 e. The Balaban J connectivity index is 1.91. The van der Waals surface area contributed by atoms with E-state index in [-0.39, 0.29) is 0 Å². The predicted octanol–water partition coefficient (Wildman–Crippen LogP) is 2.83. The van der Waals surface area contributed by atoms with Crippen LogP contribution in [0, 0.1) is 0 Å². The van der Waals surface area contributed by atoms with E-state index in [2.05, 4.69) is 16.9 Å². The predicted molar refractivity (Wildman–Crippen MR) is 60.8 cm³/mol. The van der Waals surface area contributed by atoms with E-state index in [0.717, 1.165) is 12.6 Å². The van der Waals surface area contributed by atoms with Gasteiger partial charge in [0.2, 0.25) is 0 Å². The molecular weight excluding hydrogens is 172 g/mol. The average molecular weight is 194 g/mol. The van der Waals surface area contributed by atoms with Crippen LogP contribution >= 0.6 is 0 Å². The highest BCUT2D eigenvalue weighted by atomic mass is 15.2. The van der Waals surface area contributed by atoms with E-state index >= 15 is 0 Å². The molecule has 1 fully saturated rings. The Kier molecular flexibility index (Phi) is 3.44. The fraction of sp³-hybridized carbons (Fsp3) is 0.917. The summed E-state index contributed by atoms with van der Waals surface area (Å²) >= 11 is 0. The number of amidine groups is 1. The molecule has 0 aromatic carbocycles. The van der Waals surface area contributed by atoms with Gasteiger partial charge < -0.3 is 4.90 Å². The van der Waals surface area contributed by atoms with Gasteiger partial charge in [-0.3, -0.25) is 4.99 Å². The number of aliphatic imine (C=N–C) groups is 1. The second-order valence-electron chi connectivity index (χ2n) is 4.66. The van der Waals surface area contributed by atoms with Crippen molar-refractivity contribution in [1.82, 2.24) is 4.90 Å². The van der Waals surface area contributed by atoms with E-state index < -0.39 is 0 Å². The largest absolute Gasteiger partial charge is 0.360 e. The summed E-state index contributed by atoms with van der Waals surface area (Å²) in [5, 5.41) is 0. The van der Waals surface area contributed by atoms with Gasteiger partial charge in [-0.15, -0.1) is 0 Å². The summed E-state index contributed by atoms with van der Waals surface area (Å²) < 4.78 is 0. The molecule has 0 aromatic heterocycles. The van der Waals surface area contributed by atoms with Crippen LogP contribution in [0.3, 0.4) is 0 Å². The maximum absolute atomic E-state index is 4.65. The minimum atomic E-state index is 0.792. The molecule has 1 aliphatic carbocycles. The first-order valence-corrected chi connectivity index (χ1v) is 6.14. The highest BCUT2D eigenvalue weighted by molar-refractivity contribution is 5.82. The lowest BCUT2D eigenvalue weighted by Gasteiger charge is -2.34. The van der Waals surface area contributed by atoms with Gasteiger partial charge in [0.05, 0.1) is 5.84 Å². The minimum absolute atomic E-state index is 0.792. The molecule has 0 amide bonds. The fourth-order valence-electron chi connectivity index (χ4n) is 2.65. The zero-order valence-corrected chi connectivity index (χ0v) is 9.34. The summed E-state index contributed by atoms with van der Waals surface area (Å²) in [7, 11) is 2.25. The highest BCUT2D eigenvalue weighted by Gasteiger charge is 2.21. The van der Waals surface area contributed by atoms with Gasteiger partial charge >= 0.3 is 0 Å². The van der Waals surface area contributed by atoms with Crippen molar-refractivity contribution in [2.24, 2.45) is 4.99 Å². The number of rotatable bonds is 1. The molecule has 2 rings (SSSR count). The molecule has 0 unspecified atom stereocenters. The standard InChI is InChI=1S/C12H22N2/c1-14(11-7-3-2-4-8-11)12-9-5-6-10-13-12/h11H,2-10H2,1H3. The zero-order chi connectivity index (χ0) is 9.80. The monoisotopic (exact) mass is 194 g/mol. The maximum Gasteiger partial charge on any atom is 0.0988 e. The summed E-state index contributed by atoms with van der Waals surface area (Å²) in [6.45, 7) is 1.06. The molecule has 1 heterocycles. The Morgan fingerprint density at radius 2 is 1.86 bits per heavy atom. The van der Waals surface area contributed by atoms with Crippen molar-refractivity contribution in [3.63, 3.8) is 0 Å². The Hall–Kier alpha value is -0.530. The summed E-state index contributed by atoms with van der Waals surface area (Å²) in [6.07, 6.45) is 10.9. The number of hydrogen-bond acceptors (Lipinski definition) is 2. The Bertz CT molecular complexity index is 204. The molecule has 0 spiro atoms. The first kappa shape index (κ1) is 10.0. The van der Waals surface area contributed by atoms with E-state index in [9.17, 15) is 0 Å². The third-order valence-electron chi connectivity index (χ3n) is 3.63. The smallest absolute Gasteiger partial charge is 0.0988 e. The van der Waals surface area contributed by atoms with E-state index in [1.165, 1.54) is 57.2 Å². The van der Waals surface area contributed by atoms with Crippen LogP contribution in [0.15, 0.2) is 4.99 Å². The molecule has 0 bridgehead atoms. The molecule has 2 heteroatoms. The lowest BCUT2D eigenvalue weighted by molar-refractivity contribution is 0.272. The van der Waals surface area contributed by atoms with Crippen LogP contribution in [-0.2, 0) is 0 Å². The molecule has 0 saturated heterocycles. The van der Waals surface area contributed by atoms with Gasteiger partial charge in [0, 0.05) is 26.1 Å². The molecule has 1 aliphatic heterocycles. The van der Waals surface area contributed by atoms with Crippen molar-refractivity contribution in [1.29, 1.82) is 0 Å². The molecule has 0 aromatic rings. The van der Waals surface area contributed by atoms with Crippen molar-refractivity contribution in [2.75, 3.05) is 13.6 Å². The molecule has 2 nitrogen and oxygen atoms in total. The van der Waals surface area contributed by atoms with Crippen LogP contribution in [-0.4, -0.2) is 30.4 Å². The van der Waals surface area contributed by atoms with Crippen molar-refractivity contribution in [2.45, 2.75) is 57.4 Å². The number of hydrogen-bond donors (Lipinski definition) is 0. The van der Waals surface area contributed by atoms with Crippen LogP contribution in [0.25, 0.3) is 0 Å². The summed E-state index contributed by atoms with van der Waals surface area (Å²) in [4.78, 5) is 7.12. The van der Waals surface area contributed by atoms with Crippen LogP contribution in [0.2, 0.25) is 0 Å². The molecule has 0 N–H and O–H groups in total. The molecule has 2 aliphatic rings.